The van der Waals surface area contributed by atoms with Gasteiger partial charge in [0.15, 0.2) is 0 Å². The van der Waals surface area contributed by atoms with Gasteiger partial charge in [-0.05, 0) is 18.3 Å². The van der Waals surface area contributed by atoms with Crippen molar-refractivity contribution in [3.05, 3.63) is 18.1 Å². The van der Waals surface area contributed by atoms with Crippen LogP contribution in [0.5, 0.6) is 5.88 Å². The van der Waals surface area contributed by atoms with E-state index in [4.69, 9.17) is 10.6 Å². The number of ether oxygens (including phenoxy) is 1. The van der Waals surface area contributed by atoms with E-state index in [1.807, 2.05) is 0 Å². The van der Waals surface area contributed by atoms with E-state index < -0.39 is 0 Å². The fourth-order valence-corrected chi connectivity index (χ4v) is 1.79. The summed E-state index contributed by atoms with van der Waals surface area (Å²) >= 11 is 0. The van der Waals surface area contributed by atoms with Gasteiger partial charge in [-0.15, -0.1) is 0 Å². The Bertz CT molecular complexity index is 351. The molecule has 2 rings (SSSR count). The fourth-order valence-electron chi connectivity index (χ4n) is 1.79. The Labute approximate surface area is 89.0 Å². The van der Waals surface area contributed by atoms with Crippen molar-refractivity contribution in [1.82, 2.24) is 15.4 Å². The molecule has 1 aromatic rings. The van der Waals surface area contributed by atoms with Gasteiger partial charge in [0.2, 0.25) is 5.88 Å². The van der Waals surface area contributed by atoms with Crippen LogP contribution < -0.4 is 16.0 Å². The average molecular weight is 208 g/mol. The Balaban J connectivity index is 2.33. The molecule has 0 radical (unpaired) electrons. The molecule has 1 atom stereocenters. The summed E-state index contributed by atoms with van der Waals surface area (Å²) in [5.74, 6) is 6.13. The molecular formula is C10H16N4O. The summed E-state index contributed by atoms with van der Waals surface area (Å²) in [5.41, 5.74) is 3.80. The van der Waals surface area contributed by atoms with E-state index in [-0.39, 0.29) is 11.5 Å². The van der Waals surface area contributed by atoms with Crippen LogP contribution in [0, 0.1) is 5.41 Å². The normalized spacial score (nSPS) is 19.7. The molecule has 1 fully saturated rings. The Hall–Kier alpha value is -1.20. The van der Waals surface area contributed by atoms with E-state index >= 15 is 0 Å². The van der Waals surface area contributed by atoms with Crippen molar-refractivity contribution in [2.75, 3.05) is 7.11 Å². The molecule has 0 spiro atoms. The molecule has 5 heteroatoms. The number of nitrogens with zero attached hydrogens (tertiary/aromatic N) is 2. The molecule has 1 saturated carbocycles. The van der Waals surface area contributed by atoms with Gasteiger partial charge in [-0.25, -0.2) is 4.98 Å². The van der Waals surface area contributed by atoms with Crippen LogP contribution in [0.15, 0.2) is 12.4 Å². The zero-order valence-electron chi connectivity index (χ0n) is 9.03. The molecule has 5 nitrogen and oxygen atoms in total. The zero-order chi connectivity index (χ0) is 10.9. The first kappa shape index (κ1) is 10.3. The van der Waals surface area contributed by atoms with E-state index in [0.717, 1.165) is 18.5 Å². The topological polar surface area (TPSA) is 73.1 Å². The summed E-state index contributed by atoms with van der Waals surface area (Å²) in [4.78, 5) is 8.42. The van der Waals surface area contributed by atoms with E-state index in [1.54, 1.807) is 19.5 Å². The maximum absolute atomic E-state index is 5.58. The predicted octanol–water partition coefficient (Wildman–Crippen LogP) is 0.790. The van der Waals surface area contributed by atoms with Crippen molar-refractivity contribution in [3.63, 3.8) is 0 Å². The number of hydrogen-bond acceptors (Lipinski definition) is 5. The van der Waals surface area contributed by atoms with Crippen LogP contribution in [0.4, 0.5) is 0 Å². The second-order valence-electron chi connectivity index (χ2n) is 4.20. The van der Waals surface area contributed by atoms with E-state index in [9.17, 15) is 0 Å². The van der Waals surface area contributed by atoms with Crippen molar-refractivity contribution >= 4 is 0 Å². The minimum atomic E-state index is 0.0150. The van der Waals surface area contributed by atoms with Gasteiger partial charge in [0.1, 0.15) is 5.69 Å². The monoisotopic (exact) mass is 208 g/mol. The van der Waals surface area contributed by atoms with Gasteiger partial charge in [0, 0.05) is 12.4 Å². The van der Waals surface area contributed by atoms with Crippen LogP contribution in [-0.2, 0) is 0 Å². The number of nitrogens with two attached hydrogens (primary N) is 1. The first-order chi connectivity index (χ1) is 7.21. The Morgan fingerprint density at radius 2 is 2.13 bits per heavy atom. The van der Waals surface area contributed by atoms with Crippen LogP contribution >= 0.6 is 0 Å². The highest BCUT2D eigenvalue weighted by atomic mass is 16.5. The number of hydrogen-bond donors (Lipinski definition) is 2. The van der Waals surface area contributed by atoms with E-state index in [2.05, 4.69) is 22.3 Å². The number of hydrazine groups is 1. The Kier molecular flexibility index (Phi) is 2.58. The smallest absolute Gasteiger partial charge is 0.237 e. The first-order valence-electron chi connectivity index (χ1n) is 5.02. The van der Waals surface area contributed by atoms with Crippen molar-refractivity contribution in [3.8, 4) is 5.88 Å². The number of methoxy groups -OCH3 is 1. The molecule has 0 aliphatic heterocycles. The summed E-state index contributed by atoms with van der Waals surface area (Å²) in [7, 11) is 1.59. The van der Waals surface area contributed by atoms with Gasteiger partial charge in [-0.1, -0.05) is 6.92 Å². The summed E-state index contributed by atoms with van der Waals surface area (Å²) in [6.07, 6.45) is 5.59. The molecule has 1 unspecified atom stereocenters. The minimum Gasteiger partial charge on any atom is -0.480 e. The molecule has 15 heavy (non-hydrogen) atoms. The molecule has 0 aromatic carbocycles. The summed E-state index contributed by atoms with van der Waals surface area (Å²) in [5, 5.41) is 0. The number of rotatable bonds is 4. The summed E-state index contributed by atoms with van der Waals surface area (Å²) < 4.78 is 5.18. The standard InChI is InChI=1S/C10H16N4O/c1-10(3-4-10)8(14-11)7-9(15-2)13-6-5-12-7/h5-6,8,14H,3-4,11H2,1-2H3. The lowest BCUT2D eigenvalue weighted by Gasteiger charge is -2.22. The second-order valence-corrected chi connectivity index (χ2v) is 4.20. The van der Waals surface area contributed by atoms with Crippen LogP contribution in [0.3, 0.4) is 0 Å². The predicted molar refractivity (Wildman–Crippen MR) is 56.0 cm³/mol. The fraction of sp³-hybridized carbons (Fsp3) is 0.600. The highest BCUT2D eigenvalue weighted by Gasteiger charge is 2.47. The average Bonchev–Trinajstić information content (AvgIpc) is 2.99. The van der Waals surface area contributed by atoms with Gasteiger partial charge >= 0.3 is 0 Å². The molecule has 0 saturated heterocycles. The lowest BCUT2D eigenvalue weighted by Crippen LogP contribution is -2.34. The largest absolute Gasteiger partial charge is 0.480 e. The molecule has 1 aliphatic carbocycles. The molecular weight excluding hydrogens is 192 g/mol. The van der Waals surface area contributed by atoms with Crippen molar-refractivity contribution in [2.24, 2.45) is 11.3 Å². The van der Waals surface area contributed by atoms with Gasteiger partial charge in [-0.2, -0.15) is 0 Å². The van der Waals surface area contributed by atoms with Crippen LogP contribution in [0.25, 0.3) is 0 Å². The third-order valence-electron chi connectivity index (χ3n) is 3.06. The zero-order valence-corrected chi connectivity index (χ0v) is 9.03. The maximum Gasteiger partial charge on any atom is 0.237 e. The van der Waals surface area contributed by atoms with Crippen LogP contribution in [0.2, 0.25) is 0 Å². The molecule has 0 bridgehead atoms. The third-order valence-corrected chi connectivity index (χ3v) is 3.06. The van der Waals surface area contributed by atoms with Gasteiger partial charge in [0.05, 0.1) is 13.2 Å². The molecule has 1 heterocycles. The van der Waals surface area contributed by atoms with Crippen molar-refractivity contribution < 1.29 is 4.74 Å². The number of aromatic nitrogens is 2. The Morgan fingerprint density at radius 1 is 1.47 bits per heavy atom. The SMILES string of the molecule is COc1nccnc1C(NN)C1(C)CC1. The lowest BCUT2D eigenvalue weighted by atomic mass is 9.96. The maximum atomic E-state index is 5.58. The molecule has 82 valence electrons. The van der Waals surface area contributed by atoms with Crippen molar-refractivity contribution in [1.29, 1.82) is 0 Å². The third kappa shape index (κ3) is 1.80. The highest BCUT2D eigenvalue weighted by Crippen LogP contribution is 2.54. The summed E-state index contributed by atoms with van der Waals surface area (Å²) in [6, 6.07) is 0.0150. The van der Waals surface area contributed by atoms with Crippen LogP contribution in [0.1, 0.15) is 31.5 Å². The molecule has 1 aromatic heterocycles. The number of nitrogens with one attached hydrogen (secondary N) is 1. The van der Waals surface area contributed by atoms with Gasteiger partial charge in [-0.3, -0.25) is 16.3 Å². The van der Waals surface area contributed by atoms with Crippen LogP contribution in [-0.4, -0.2) is 17.1 Å². The molecule has 0 amide bonds. The lowest BCUT2D eigenvalue weighted by molar-refractivity contribution is 0.330. The molecule has 1 aliphatic rings. The second kappa shape index (κ2) is 3.75. The summed E-state index contributed by atoms with van der Waals surface area (Å²) in [6.45, 7) is 2.19. The molecule has 3 N–H and O–H groups in total. The minimum absolute atomic E-state index is 0.0150. The van der Waals surface area contributed by atoms with Gasteiger partial charge < -0.3 is 4.74 Å². The highest BCUT2D eigenvalue weighted by molar-refractivity contribution is 5.25. The van der Waals surface area contributed by atoms with E-state index in [0.29, 0.717) is 5.88 Å². The Morgan fingerprint density at radius 3 is 2.67 bits per heavy atom. The van der Waals surface area contributed by atoms with E-state index in [1.165, 1.54) is 0 Å². The quantitative estimate of drug-likeness (QED) is 0.565. The van der Waals surface area contributed by atoms with Gasteiger partial charge in [0.25, 0.3) is 0 Å². The van der Waals surface area contributed by atoms with Crippen molar-refractivity contribution in [2.45, 2.75) is 25.8 Å². The first-order valence-corrected chi connectivity index (χ1v) is 5.02.